The predicted octanol–water partition coefficient (Wildman–Crippen LogP) is 2.06. The molecular formula is C15H26O4S. The molecule has 1 saturated heterocycles. The molecule has 2 heterocycles. The molecule has 0 aromatic rings. The average molecular weight is 302 g/mol. The van der Waals surface area contributed by atoms with Crippen molar-refractivity contribution >= 4 is 10.8 Å². The maximum Gasteiger partial charge on any atom is 0.0701 e. The Morgan fingerprint density at radius 3 is 2.65 bits per heavy atom. The normalized spacial score (nSPS) is 29.2. The zero-order valence-corrected chi connectivity index (χ0v) is 13.2. The molecule has 3 unspecified atom stereocenters. The van der Waals surface area contributed by atoms with Crippen molar-refractivity contribution in [2.75, 3.05) is 40.1 Å². The maximum absolute atomic E-state index is 12.1. The van der Waals surface area contributed by atoms with Crippen LogP contribution in [0.2, 0.25) is 0 Å². The van der Waals surface area contributed by atoms with Crippen LogP contribution in [-0.2, 0) is 25.0 Å². The number of hydrogen-bond acceptors (Lipinski definition) is 4. The lowest BCUT2D eigenvalue weighted by Gasteiger charge is -2.32. The Hall–Kier alpha value is -0.230. The smallest absolute Gasteiger partial charge is 0.0701 e. The van der Waals surface area contributed by atoms with Gasteiger partial charge in [0.15, 0.2) is 0 Å². The van der Waals surface area contributed by atoms with Crippen LogP contribution in [0.15, 0.2) is 11.6 Å². The Balaban J connectivity index is 1.57. The van der Waals surface area contributed by atoms with Gasteiger partial charge in [-0.1, -0.05) is 18.1 Å². The molecule has 4 nitrogen and oxygen atoms in total. The monoisotopic (exact) mass is 302 g/mol. The molecule has 0 radical (unpaired) electrons. The van der Waals surface area contributed by atoms with Gasteiger partial charge in [-0.25, -0.2) is 0 Å². The fourth-order valence-electron chi connectivity index (χ4n) is 2.84. The Morgan fingerprint density at radius 1 is 1.15 bits per heavy atom. The molecule has 2 aliphatic heterocycles. The van der Waals surface area contributed by atoms with E-state index in [1.807, 2.05) is 0 Å². The summed E-state index contributed by atoms with van der Waals surface area (Å²) in [5.74, 6) is 0. The van der Waals surface area contributed by atoms with Gasteiger partial charge in [0.25, 0.3) is 0 Å². The second-order valence-electron chi connectivity index (χ2n) is 5.42. The Labute approximate surface area is 124 Å². The number of fused-ring (bicyclic) bond motifs is 2. The van der Waals surface area contributed by atoms with Gasteiger partial charge in [0.2, 0.25) is 0 Å². The van der Waals surface area contributed by atoms with Gasteiger partial charge in [0.1, 0.15) is 0 Å². The van der Waals surface area contributed by atoms with Crippen molar-refractivity contribution < 1.29 is 18.4 Å². The van der Waals surface area contributed by atoms with Crippen LogP contribution in [0.4, 0.5) is 0 Å². The van der Waals surface area contributed by atoms with Crippen molar-refractivity contribution in [3.8, 4) is 0 Å². The first-order chi connectivity index (χ1) is 9.81. The average Bonchev–Trinajstić information content (AvgIpc) is 2.42. The van der Waals surface area contributed by atoms with Crippen molar-refractivity contribution in [2.24, 2.45) is 0 Å². The second kappa shape index (κ2) is 8.93. The zero-order chi connectivity index (χ0) is 14.2. The van der Waals surface area contributed by atoms with Crippen molar-refractivity contribution in [2.45, 2.75) is 42.6 Å². The van der Waals surface area contributed by atoms with Crippen LogP contribution in [0.1, 0.15) is 32.1 Å². The summed E-state index contributed by atoms with van der Waals surface area (Å²) in [6.07, 6.45) is 7.71. The quantitative estimate of drug-likeness (QED) is 0.483. The lowest BCUT2D eigenvalue weighted by Crippen LogP contribution is -2.34. The molecule has 0 N–H and O–H groups in total. The van der Waals surface area contributed by atoms with E-state index < -0.39 is 10.8 Å². The first-order valence-electron chi connectivity index (χ1n) is 7.54. The first-order valence-corrected chi connectivity index (χ1v) is 8.82. The Kier molecular flexibility index (Phi) is 7.21. The number of ether oxygens (including phenoxy) is 3. The fraction of sp³-hybridized carbons (Fsp3) is 0.867. The van der Waals surface area contributed by atoms with E-state index in [9.17, 15) is 4.21 Å². The number of methoxy groups -OCH3 is 1. The van der Waals surface area contributed by atoms with Crippen LogP contribution in [0.5, 0.6) is 0 Å². The molecule has 20 heavy (non-hydrogen) atoms. The maximum atomic E-state index is 12.1. The highest BCUT2D eigenvalue weighted by atomic mass is 32.2. The summed E-state index contributed by atoms with van der Waals surface area (Å²) >= 11 is 0. The van der Waals surface area contributed by atoms with E-state index in [4.69, 9.17) is 14.2 Å². The van der Waals surface area contributed by atoms with Crippen LogP contribution < -0.4 is 0 Å². The molecule has 0 saturated carbocycles. The minimum Gasteiger partial charge on any atom is -0.382 e. The molecule has 2 aliphatic rings. The van der Waals surface area contributed by atoms with Gasteiger partial charge in [0, 0.05) is 23.2 Å². The second-order valence-corrected chi connectivity index (χ2v) is 7.35. The van der Waals surface area contributed by atoms with Crippen molar-refractivity contribution in [3.05, 3.63) is 11.6 Å². The van der Waals surface area contributed by atoms with Crippen LogP contribution in [0, 0.1) is 0 Å². The summed E-state index contributed by atoms with van der Waals surface area (Å²) in [5, 5.41) is 0.723. The van der Waals surface area contributed by atoms with Crippen LogP contribution in [0.3, 0.4) is 0 Å². The molecule has 2 bridgehead atoms. The highest BCUT2D eigenvalue weighted by Crippen LogP contribution is 2.33. The third-order valence-corrected chi connectivity index (χ3v) is 5.95. The molecule has 3 atom stereocenters. The number of rotatable bonds is 9. The molecule has 0 spiro atoms. The predicted molar refractivity (Wildman–Crippen MR) is 80.4 cm³/mol. The van der Waals surface area contributed by atoms with Gasteiger partial charge in [-0.05, 0) is 25.7 Å². The first kappa shape index (κ1) is 16.1. The minimum absolute atomic E-state index is 0.315. The standard InChI is InChI=1S/C15H26O4S/c1-17-7-8-19-10-9-18-6-5-13-11-14-3-2-4-15(12-13)20(14)16/h11,14-15H,2-10,12H2,1H3. The molecule has 2 rings (SSSR count). The van der Waals surface area contributed by atoms with Gasteiger partial charge < -0.3 is 14.2 Å². The molecule has 0 aliphatic carbocycles. The molecule has 1 fully saturated rings. The van der Waals surface area contributed by atoms with E-state index in [0.717, 1.165) is 32.3 Å². The summed E-state index contributed by atoms with van der Waals surface area (Å²) in [6.45, 7) is 3.26. The SMILES string of the molecule is COCCOCCOCCC1=CC2CCCC(C1)S2=O. The molecule has 116 valence electrons. The van der Waals surface area contributed by atoms with Gasteiger partial charge in [-0.3, -0.25) is 4.21 Å². The highest BCUT2D eigenvalue weighted by Gasteiger charge is 2.32. The third-order valence-electron chi connectivity index (χ3n) is 3.92. The van der Waals surface area contributed by atoms with E-state index in [-0.39, 0.29) is 0 Å². The third kappa shape index (κ3) is 4.95. The lowest BCUT2D eigenvalue weighted by molar-refractivity contribution is 0.0254. The topological polar surface area (TPSA) is 44.8 Å². The molecule has 0 aromatic heterocycles. The van der Waals surface area contributed by atoms with Gasteiger partial charge in [-0.2, -0.15) is 0 Å². The van der Waals surface area contributed by atoms with E-state index >= 15 is 0 Å². The van der Waals surface area contributed by atoms with E-state index in [1.54, 1.807) is 7.11 Å². The molecular weight excluding hydrogens is 276 g/mol. The zero-order valence-electron chi connectivity index (χ0n) is 12.3. The van der Waals surface area contributed by atoms with Crippen LogP contribution in [0.25, 0.3) is 0 Å². The van der Waals surface area contributed by atoms with Crippen LogP contribution in [-0.4, -0.2) is 54.9 Å². The van der Waals surface area contributed by atoms with Crippen LogP contribution >= 0.6 is 0 Å². The Morgan fingerprint density at radius 2 is 1.90 bits per heavy atom. The minimum atomic E-state index is -0.619. The van der Waals surface area contributed by atoms with E-state index in [2.05, 4.69) is 6.08 Å². The van der Waals surface area contributed by atoms with Crippen molar-refractivity contribution in [1.82, 2.24) is 0 Å². The molecule has 5 heteroatoms. The van der Waals surface area contributed by atoms with Gasteiger partial charge in [0.05, 0.1) is 38.3 Å². The van der Waals surface area contributed by atoms with Gasteiger partial charge >= 0.3 is 0 Å². The molecule has 0 aromatic carbocycles. The highest BCUT2D eigenvalue weighted by molar-refractivity contribution is 7.86. The lowest BCUT2D eigenvalue weighted by atomic mass is 9.96. The Bertz CT molecular complexity index is 343. The summed E-state index contributed by atoms with van der Waals surface area (Å²) in [7, 11) is 1.05. The van der Waals surface area contributed by atoms with Gasteiger partial charge in [-0.15, -0.1) is 0 Å². The van der Waals surface area contributed by atoms with Crippen molar-refractivity contribution in [3.63, 3.8) is 0 Å². The number of hydrogen-bond donors (Lipinski definition) is 0. The largest absolute Gasteiger partial charge is 0.382 e. The van der Waals surface area contributed by atoms with E-state index in [1.165, 1.54) is 12.0 Å². The fourth-order valence-corrected chi connectivity index (χ4v) is 4.83. The van der Waals surface area contributed by atoms with Crippen molar-refractivity contribution in [1.29, 1.82) is 0 Å². The summed E-state index contributed by atoms with van der Waals surface area (Å²) in [5.41, 5.74) is 1.44. The summed E-state index contributed by atoms with van der Waals surface area (Å²) < 4.78 is 27.9. The summed E-state index contributed by atoms with van der Waals surface area (Å²) in [6, 6.07) is 0. The molecule has 0 amide bonds. The summed E-state index contributed by atoms with van der Waals surface area (Å²) in [4.78, 5) is 0. The van der Waals surface area contributed by atoms with E-state index in [0.29, 0.717) is 36.9 Å².